The second-order valence-electron chi connectivity index (χ2n) is 6.69. The van der Waals surface area contributed by atoms with Crippen LogP contribution in [0.2, 0.25) is 5.02 Å². The van der Waals surface area contributed by atoms with Gasteiger partial charge in [0.05, 0.1) is 22.4 Å². The van der Waals surface area contributed by atoms with E-state index in [-0.39, 0.29) is 12.4 Å². The Hall–Kier alpha value is -2.09. The molecule has 0 spiro atoms. The van der Waals surface area contributed by atoms with Crippen molar-refractivity contribution in [3.05, 3.63) is 75.5 Å². The van der Waals surface area contributed by atoms with Crippen molar-refractivity contribution in [1.82, 2.24) is 14.9 Å². The van der Waals surface area contributed by atoms with Crippen molar-refractivity contribution >= 4 is 27.5 Å². The van der Waals surface area contributed by atoms with Gasteiger partial charge < -0.3 is 19.4 Å². The van der Waals surface area contributed by atoms with E-state index in [0.717, 1.165) is 29.5 Å². The third kappa shape index (κ3) is 6.45. The molecule has 0 saturated heterocycles. The lowest BCUT2D eigenvalue weighted by Gasteiger charge is -2.16. The number of hydrogen-bond acceptors (Lipinski definition) is 4. The summed E-state index contributed by atoms with van der Waals surface area (Å²) in [5, 5.41) is 3.78. The molecule has 0 amide bonds. The summed E-state index contributed by atoms with van der Waals surface area (Å²) in [4.78, 5) is 4.04. The highest BCUT2D eigenvalue weighted by Gasteiger charge is 2.13. The summed E-state index contributed by atoms with van der Waals surface area (Å²) in [5.74, 6) is 0.878. The second-order valence-corrected chi connectivity index (χ2v) is 7.95. The van der Waals surface area contributed by atoms with E-state index in [1.807, 2.05) is 31.6 Å². The van der Waals surface area contributed by atoms with Gasteiger partial charge in [-0.05, 0) is 65.6 Å². The van der Waals surface area contributed by atoms with E-state index in [1.165, 1.54) is 12.1 Å². The number of hydrogen-bond donors (Lipinski definition) is 1. The molecule has 3 aromatic rings. The van der Waals surface area contributed by atoms with E-state index in [4.69, 9.17) is 21.1 Å². The molecule has 2 aromatic carbocycles. The molecule has 160 valence electrons. The van der Waals surface area contributed by atoms with E-state index in [9.17, 15) is 4.39 Å². The number of aromatic nitrogens is 2. The normalized spacial score (nSPS) is 10.9. The first-order valence-electron chi connectivity index (χ1n) is 9.75. The number of ether oxygens (including phenoxy) is 2. The van der Waals surface area contributed by atoms with Gasteiger partial charge in [-0.15, -0.1) is 0 Å². The number of benzene rings is 2. The summed E-state index contributed by atoms with van der Waals surface area (Å²) in [7, 11) is 0. The van der Waals surface area contributed by atoms with Crippen molar-refractivity contribution < 1.29 is 13.9 Å². The van der Waals surface area contributed by atoms with E-state index in [0.29, 0.717) is 35.2 Å². The quantitative estimate of drug-likeness (QED) is 0.351. The first-order valence-corrected chi connectivity index (χ1v) is 10.9. The molecular formula is C22H24BrClFN3O2. The van der Waals surface area contributed by atoms with Crippen LogP contribution in [0.3, 0.4) is 0 Å². The van der Waals surface area contributed by atoms with Crippen molar-refractivity contribution in [3.63, 3.8) is 0 Å². The standard InChI is InChI=1S/C22H24BrClFN3O2/c1-2-29-21-11-16(13-26-6-3-8-28-9-7-27-15-28)10-19(23)22(21)30-14-17-4-5-18(25)12-20(17)24/h4-5,7,9-12,15,26H,2-3,6,8,13-14H2,1H3. The van der Waals surface area contributed by atoms with Gasteiger partial charge in [-0.1, -0.05) is 17.7 Å². The molecule has 0 atom stereocenters. The Morgan fingerprint density at radius 1 is 1.23 bits per heavy atom. The maximum atomic E-state index is 13.2. The van der Waals surface area contributed by atoms with Crippen LogP contribution in [0.15, 0.2) is 53.5 Å². The average Bonchev–Trinajstić information content (AvgIpc) is 3.22. The van der Waals surface area contributed by atoms with Crippen molar-refractivity contribution in [3.8, 4) is 11.5 Å². The summed E-state index contributed by atoms with van der Waals surface area (Å²) in [6, 6.07) is 8.24. The Labute approximate surface area is 189 Å². The summed E-state index contributed by atoms with van der Waals surface area (Å²) < 4.78 is 27.8. The van der Waals surface area contributed by atoms with Gasteiger partial charge in [0.1, 0.15) is 12.4 Å². The lowest BCUT2D eigenvalue weighted by atomic mass is 10.2. The van der Waals surface area contributed by atoms with Crippen LogP contribution < -0.4 is 14.8 Å². The minimum atomic E-state index is -0.373. The molecular weight excluding hydrogens is 473 g/mol. The van der Waals surface area contributed by atoms with Gasteiger partial charge >= 0.3 is 0 Å². The van der Waals surface area contributed by atoms with Crippen LogP contribution in [0.4, 0.5) is 4.39 Å². The van der Waals surface area contributed by atoms with Gasteiger partial charge in [0.25, 0.3) is 0 Å². The monoisotopic (exact) mass is 495 g/mol. The second kappa shape index (κ2) is 11.3. The SMILES string of the molecule is CCOc1cc(CNCCCn2ccnc2)cc(Br)c1OCc1ccc(F)cc1Cl. The van der Waals surface area contributed by atoms with E-state index >= 15 is 0 Å². The third-order valence-corrected chi connectivity index (χ3v) is 5.36. The van der Waals surface area contributed by atoms with Crippen LogP contribution in [0.1, 0.15) is 24.5 Å². The zero-order valence-electron chi connectivity index (χ0n) is 16.7. The molecule has 0 saturated carbocycles. The van der Waals surface area contributed by atoms with Gasteiger partial charge in [-0.25, -0.2) is 9.37 Å². The minimum absolute atomic E-state index is 0.212. The fraction of sp³-hybridized carbons (Fsp3) is 0.318. The average molecular weight is 497 g/mol. The number of aryl methyl sites for hydroxylation is 1. The van der Waals surface area contributed by atoms with Gasteiger partial charge in [-0.2, -0.15) is 0 Å². The number of nitrogens with zero attached hydrogens (tertiary/aromatic N) is 2. The van der Waals surface area contributed by atoms with Crippen molar-refractivity contribution in [2.45, 2.75) is 33.0 Å². The molecule has 0 bridgehead atoms. The highest BCUT2D eigenvalue weighted by Crippen LogP contribution is 2.38. The van der Waals surface area contributed by atoms with Crippen molar-refractivity contribution in [1.29, 1.82) is 0 Å². The fourth-order valence-corrected chi connectivity index (χ4v) is 3.78. The zero-order chi connectivity index (χ0) is 21.3. The maximum Gasteiger partial charge on any atom is 0.175 e. The largest absolute Gasteiger partial charge is 0.490 e. The Balaban J connectivity index is 1.59. The van der Waals surface area contributed by atoms with Crippen LogP contribution >= 0.6 is 27.5 Å². The summed E-state index contributed by atoms with van der Waals surface area (Å²) in [6.07, 6.45) is 6.58. The van der Waals surface area contributed by atoms with E-state index < -0.39 is 0 Å². The lowest BCUT2D eigenvalue weighted by Crippen LogP contribution is -2.16. The Morgan fingerprint density at radius 2 is 2.10 bits per heavy atom. The molecule has 1 N–H and O–H groups in total. The van der Waals surface area contributed by atoms with Gasteiger partial charge in [0, 0.05) is 31.0 Å². The molecule has 1 aromatic heterocycles. The number of nitrogens with one attached hydrogen (secondary N) is 1. The molecule has 0 fully saturated rings. The first kappa shape index (κ1) is 22.6. The highest BCUT2D eigenvalue weighted by atomic mass is 79.9. The number of rotatable bonds is 11. The maximum absolute atomic E-state index is 13.2. The van der Waals surface area contributed by atoms with Gasteiger partial charge in [0.15, 0.2) is 11.5 Å². The predicted octanol–water partition coefficient (Wildman–Crippen LogP) is 5.60. The van der Waals surface area contributed by atoms with E-state index in [2.05, 4.69) is 30.8 Å². The summed E-state index contributed by atoms with van der Waals surface area (Å²) in [6.45, 7) is 5.19. The van der Waals surface area contributed by atoms with Crippen molar-refractivity contribution in [2.24, 2.45) is 0 Å². The van der Waals surface area contributed by atoms with Crippen LogP contribution in [0.5, 0.6) is 11.5 Å². The van der Waals surface area contributed by atoms with Gasteiger partial charge in [-0.3, -0.25) is 0 Å². The molecule has 0 aliphatic carbocycles. The van der Waals surface area contributed by atoms with Crippen LogP contribution in [-0.2, 0) is 19.7 Å². The Bertz CT molecular complexity index is 954. The summed E-state index contributed by atoms with van der Waals surface area (Å²) in [5.41, 5.74) is 1.79. The smallest absolute Gasteiger partial charge is 0.175 e. The molecule has 0 unspecified atom stereocenters. The van der Waals surface area contributed by atoms with Crippen LogP contribution in [-0.4, -0.2) is 22.7 Å². The predicted molar refractivity (Wildman–Crippen MR) is 120 cm³/mol. The molecule has 8 heteroatoms. The molecule has 5 nitrogen and oxygen atoms in total. The third-order valence-electron chi connectivity index (χ3n) is 4.41. The summed E-state index contributed by atoms with van der Waals surface area (Å²) >= 11 is 9.69. The number of halogens is 3. The van der Waals surface area contributed by atoms with Crippen LogP contribution in [0.25, 0.3) is 0 Å². The first-order chi connectivity index (χ1) is 14.6. The highest BCUT2D eigenvalue weighted by molar-refractivity contribution is 9.10. The molecule has 0 aliphatic heterocycles. The van der Waals surface area contributed by atoms with Crippen molar-refractivity contribution in [2.75, 3.05) is 13.2 Å². The molecule has 0 radical (unpaired) electrons. The topological polar surface area (TPSA) is 48.3 Å². The molecule has 0 aliphatic rings. The molecule has 30 heavy (non-hydrogen) atoms. The fourth-order valence-electron chi connectivity index (χ4n) is 2.95. The van der Waals surface area contributed by atoms with Crippen LogP contribution in [0, 0.1) is 5.82 Å². The molecule has 3 rings (SSSR count). The number of imidazole rings is 1. The molecule has 1 heterocycles. The minimum Gasteiger partial charge on any atom is -0.490 e. The van der Waals surface area contributed by atoms with E-state index in [1.54, 1.807) is 12.3 Å². The Morgan fingerprint density at radius 3 is 2.83 bits per heavy atom. The lowest BCUT2D eigenvalue weighted by molar-refractivity contribution is 0.267. The zero-order valence-corrected chi connectivity index (χ0v) is 19.0. The Kier molecular flexibility index (Phi) is 8.54. The van der Waals surface area contributed by atoms with Gasteiger partial charge in [0.2, 0.25) is 0 Å².